The summed E-state index contributed by atoms with van der Waals surface area (Å²) in [6.45, 7) is 38.2. The van der Waals surface area contributed by atoms with Gasteiger partial charge in [-0.05, 0) is 121 Å². The van der Waals surface area contributed by atoms with Gasteiger partial charge < -0.3 is 4.90 Å². The van der Waals surface area contributed by atoms with Gasteiger partial charge in [-0.3, -0.25) is 14.6 Å². The molecule has 0 N–H and O–H groups in total. The molecule has 3 aliphatic heterocycles. The standard InChI is InChI=1S/C9H19N.C8H15NO.C8H17N.3C2H6/c1-9(2,3)10-7-5-4-6-8-10;1-8(2,3)9-6-4-5-7(9)10;1-8(2,3)9-6-4-5-7-9;3*1-2/h4-8H2,1-3H3;4-6H2,1-3H3;4-7H2,1-3H3;3*1-2H3. The van der Waals surface area contributed by atoms with Crippen molar-refractivity contribution in [3.05, 3.63) is 0 Å². The van der Waals surface area contributed by atoms with Crippen molar-refractivity contribution >= 4 is 5.91 Å². The highest BCUT2D eigenvalue weighted by Gasteiger charge is 2.29. The molecule has 0 aromatic carbocycles. The Hall–Kier alpha value is -0.610. The first kappa shape index (κ1) is 38.9. The predicted molar refractivity (Wildman–Crippen MR) is 160 cm³/mol. The molecule has 0 saturated carbocycles. The van der Waals surface area contributed by atoms with Gasteiger partial charge in [-0.2, -0.15) is 0 Å². The molecule has 0 unspecified atom stereocenters. The largest absolute Gasteiger partial charge is 0.338 e. The minimum atomic E-state index is 0.0353. The van der Waals surface area contributed by atoms with Gasteiger partial charge in [-0.25, -0.2) is 0 Å². The van der Waals surface area contributed by atoms with Crippen molar-refractivity contribution in [2.75, 3.05) is 32.7 Å². The molecule has 4 heteroatoms. The second-order valence-electron chi connectivity index (χ2n) is 11.9. The van der Waals surface area contributed by atoms with Crippen LogP contribution in [0.25, 0.3) is 0 Å². The summed E-state index contributed by atoms with van der Waals surface area (Å²) in [5.41, 5.74) is 0.852. The topological polar surface area (TPSA) is 26.8 Å². The number of rotatable bonds is 0. The molecule has 3 saturated heterocycles. The van der Waals surface area contributed by atoms with Gasteiger partial charge in [0.25, 0.3) is 0 Å². The summed E-state index contributed by atoms with van der Waals surface area (Å²) in [7, 11) is 0. The summed E-state index contributed by atoms with van der Waals surface area (Å²) in [6.07, 6.45) is 8.82. The van der Waals surface area contributed by atoms with Crippen LogP contribution >= 0.6 is 0 Å². The van der Waals surface area contributed by atoms with Crippen molar-refractivity contribution in [1.82, 2.24) is 14.7 Å². The Balaban J connectivity index is -0.000000396. The van der Waals surface area contributed by atoms with E-state index >= 15 is 0 Å². The van der Waals surface area contributed by atoms with E-state index in [-0.39, 0.29) is 5.54 Å². The second-order valence-corrected chi connectivity index (χ2v) is 11.9. The van der Waals surface area contributed by atoms with Gasteiger partial charge in [0.1, 0.15) is 0 Å². The van der Waals surface area contributed by atoms with E-state index in [2.05, 4.69) is 72.1 Å². The fraction of sp³-hybridized carbons (Fsp3) is 0.968. The summed E-state index contributed by atoms with van der Waals surface area (Å²) in [5, 5.41) is 0. The molecular formula is C31H69N3O. The average Bonchev–Trinajstić information content (AvgIpc) is 3.51. The minimum absolute atomic E-state index is 0.0353. The van der Waals surface area contributed by atoms with Crippen molar-refractivity contribution in [2.24, 2.45) is 0 Å². The number of hydrogen-bond acceptors (Lipinski definition) is 3. The zero-order chi connectivity index (χ0) is 28.3. The zero-order valence-corrected chi connectivity index (χ0v) is 27.2. The SMILES string of the molecule is CC.CC.CC.CC(C)(C)N1CCCC1.CC(C)(C)N1CCCC1=O.CC(C)(C)N1CCCCC1. The van der Waals surface area contributed by atoms with Crippen LogP contribution < -0.4 is 0 Å². The summed E-state index contributed by atoms with van der Waals surface area (Å²) in [6, 6.07) is 0. The van der Waals surface area contributed by atoms with E-state index in [0.29, 0.717) is 17.0 Å². The van der Waals surface area contributed by atoms with E-state index in [9.17, 15) is 4.79 Å². The molecule has 3 aliphatic rings. The number of nitrogens with zero attached hydrogens (tertiary/aromatic N) is 3. The summed E-state index contributed by atoms with van der Waals surface area (Å²) >= 11 is 0. The monoisotopic (exact) mass is 500 g/mol. The Morgan fingerprint density at radius 1 is 0.457 bits per heavy atom. The molecule has 0 atom stereocenters. The lowest BCUT2D eigenvalue weighted by atomic mass is 10.0. The first-order valence-corrected chi connectivity index (χ1v) is 15.0. The fourth-order valence-electron chi connectivity index (χ4n) is 4.31. The van der Waals surface area contributed by atoms with E-state index in [1.807, 2.05) is 46.4 Å². The van der Waals surface area contributed by atoms with Crippen LogP contribution in [0.2, 0.25) is 0 Å². The van der Waals surface area contributed by atoms with Crippen molar-refractivity contribution in [3.63, 3.8) is 0 Å². The first-order valence-electron chi connectivity index (χ1n) is 15.0. The molecule has 0 bridgehead atoms. The quantitative estimate of drug-likeness (QED) is 0.333. The normalized spacial score (nSPS) is 18.8. The maximum atomic E-state index is 11.1. The third-order valence-corrected chi connectivity index (χ3v) is 6.24. The number of carbonyl (C=O) groups is 1. The van der Waals surface area contributed by atoms with E-state index in [4.69, 9.17) is 0 Å². The number of carbonyl (C=O) groups excluding carboxylic acids is 1. The molecule has 214 valence electrons. The van der Waals surface area contributed by atoms with Gasteiger partial charge >= 0.3 is 0 Å². The zero-order valence-electron chi connectivity index (χ0n) is 27.2. The number of hydrogen-bond donors (Lipinski definition) is 0. The molecule has 0 spiro atoms. The van der Waals surface area contributed by atoms with Crippen molar-refractivity contribution < 1.29 is 4.79 Å². The Morgan fingerprint density at radius 2 is 0.771 bits per heavy atom. The van der Waals surface area contributed by atoms with Gasteiger partial charge in [0.2, 0.25) is 5.91 Å². The molecule has 3 rings (SSSR count). The molecular weight excluding hydrogens is 430 g/mol. The summed E-state index contributed by atoms with van der Waals surface area (Å²) in [4.78, 5) is 18.2. The van der Waals surface area contributed by atoms with Crippen LogP contribution in [0.1, 0.15) is 149 Å². The molecule has 0 radical (unpaired) electrons. The van der Waals surface area contributed by atoms with Crippen molar-refractivity contribution in [2.45, 2.75) is 165 Å². The van der Waals surface area contributed by atoms with Crippen LogP contribution in [0.15, 0.2) is 0 Å². The smallest absolute Gasteiger partial charge is 0.223 e. The Morgan fingerprint density at radius 3 is 0.943 bits per heavy atom. The van der Waals surface area contributed by atoms with Crippen LogP contribution in [0.4, 0.5) is 0 Å². The fourth-order valence-corrected chi connectivity index (χ4v) is 4.31. The third kappa shape index (κ3) is 18.3. The van der Waals surface area contributed by atoms with Gasteiger partial charge in [-0.15, -0.1) is 0 Å². The van der Waals surface area contributed by atoms with E-state index < -0.39 is 0 Å². The number of likely N-dealkylation sites (tertiary alicyclic amines) is 3. The van der Waals surface area contributed by atoms with Gasteiger partial charge in [0.05, 0.1) is 0 Å². The minimum Gasteiger partial charge on any atom is -0.338 e. The number of piperidine rings is 1. The van der Waals surface area contributed by atoms with Crippen molar-refractivity contribution in [1.29, 1.82) is 0 Å². The maximum Gasteiger partial charge on any atom is 0.223 e. The summed E-state index contributed by atoms with van der Waals surface area (Å²) < 4.78 is 0. The van der Waals surface area contributed by atoms with Gasteiger partial charge in [0, 0.05) is 29.6 Å². The van der Waals surface area contributed by atoms with Crippen LogP contribution in [-0.4, -0.2) is 69.9 Å². The molecule has 35 heavy (non-hydrogen) atoms. The number of amides is 1. The molecule has 3 fully saturated rings. The molecule has 0 aromatic rings. The lowest BCUT2D eigenvalue weighted by Gasteiger charge is -2.38. The highest BCUT2D eigenvalue weighted by molar-refractivity contribution is 5.78. The first-order chi connectivity index (χ1) is 16.2. The van der Waals surface area contributed by atoms with Crippen molar-refractivity contribution in [3.8, 4) is 0 Å². The molecule has 1 amide bonds. The highest BCUT2D eigenvalue weighted by atomic mass is 16.2. The Labute approximate surface area is 223 Å². The van der Waals surface area contributed by atoms with Crippen LogP contribution in [0, 0.1) is 0 Å². The lowest BCUT2D eigenvalue weighted by molar-refractivity contribution is -0.131. The lowest BCUT2D eigenvalue weighted by Crippen LogP contribution is -2.44. The third-order valence-electron chi connectivity index (χ3n) is 6.24. The Bertz CT molecular complexity index is 471. The van der Waals surface area contributed by atoms with E-state index in [0.717, 1.165) is 19.4 Å². The Kier molecular flexibility index (Phi) is 22.7. The molecule has 4 nitrogen and oxygen atoms in total. The van der Waals surface area contributed by atoms with E-state index in [1.165, 1.54) is 58.3 Å². The van der Waals surface area contributed by atoms with Gasteiger partial charge in [0.15, 0.2) is 0 Å². The molecule has 0 aromatic heterocycles. The van der Waals surface area contributed by atoms with Crippen LogP contribution in [-0.2, 0) is 4.79 Å². The second kappa shape index (κ2) is 20.4. The highest BCUT2D eigenvalue weighted by Crippen LogP contribution is 2.21. The van der Waals surface area contributed by atoms with E-state index in [1.54, 1.807) is 0 Å². The molecule has 0 aliphatic carbocycles. The predicted octanol–water partition coefficient (Wildman–Crippen LogP) is 8.64. The van der Waals surface area contributed by atoms with Gasteiger partial charge in [-0.1, -0.05) is 48.0 Å². The average molecular weight is 500 g/mol. The van der Waals surface area contributed by atoms with Crippen LogP contribution in [0.5, 0.6) is 0 Å². The summed E-state index contributed by atoms with van der Waals surface area (Å²) in [5.74, 6) is 0.313. The molecule has 3 heterocycles. The maximum absolute atomic E-state index is 11.1. The van der Waals surface area contributed by atoms with Crippen LogP contribution in [0.3, 0.4) is 0 Å².